The number of aliphatic hydroxyl groups is 2. The number of aromatic amines is 1. The van der Waals surface area contributed by atoms with Crippen molar-refractivity contribution >= 4 is 0 Å². The second kappa shape index (κ2) is 5.66. The van der Waals surface area contributed by atoms with Crippen molar-refractivity contribution in [1.82, 2.24) is 9.55 Å². The molecule has 4 atom stereocenters. The minimum atomic E-state index is -2.11. The van der Waals surface area contributed by atoms with E-state index in [0.29, 0.717) is 4.57 Å². The van der Waals surface area contributed by atoms with Gasteiger partial charge in [0.15, 0.2) is 12.4 Å². The molecule has 4 N–H and O–H groups in total. The molecule has 10 nitrogen and oxygen atoms in total. The largest absolute Gasteiger partial charge is 0.393 e. The van der Waals surface area contributed by atoms with Gasteiger partial charge in [0.05, 0.1) is 14.5 Å². The number of aliphatic hydroxyl groups excluding tert-OH is 2. The maximum Gasteiger partial charge on any atom is 0.329 e. The van der Waals surface area contributed by atoms with Crippen LogP contribution in [-0.4, -0.2) is 50.8 Å². The van der Waals surface area contributed by atoms with Crippen molar-refractivity contribution in [2.45, 2.75) is 24.1 Å². The number of alkyl halides is 1. The van der Waals surface area contributed by atoms with E-state index < -0.39 is 48.4 Å². The number of H-pyrrole nitrogens is 1. The quantitative estimate of drug-likeness (QED) is 0.316. The Morgan fingerprint density at radius 2 is 2.52 bits per heavy atom. The van der Waals surface area contributed by atoms with E-state index in [1.54, 1.807) is 0 Å². The van der Waals surface area contributed by atoms with Crippen molar-refractivity contribution in [2.75, 3.05) is 13.2 Å². The standard InChI is InChI=1S/C10H13FN6O4/c11-6-7(19)10(4-18,3-14-16-13)21-8(6)17-2-1-5(12)15-9(17)20/h1-2,6-8,18-19H,3-4H2,(H2,12,15,20)/t6-,7+,8-,10-/m1/s1/i1D. The fraction of sp³-hybridized carbons (Fsp3) is 0.600. The Bertz CT molecular complexity index is 731. The Balaban J connectivity index is 2.46. The van der Waals surface area contributed by atoms with Gasteiger partial charge in [0.25, 0.3) is 0 Å². The third kappa shape index (κ3) is 2.54. The zero-order chi connectivity index (χ0) is 16.5. The molecule has 1 saturated heterocycles. The maximum absolute atomic E-state index is 14.3. The fourth-order valence-corrected chi connectivity index (χ4v) is 2.08. The molecule has 114 valence electrons. The number of nitrogens with zero attached hydrogens (tertiary/aromatic N) is 4. The molecule has 0 saturated carbocycles. The maximum atomic E-state index is 14.3. The smallest absolute Gasteiger partial charge is 0.329 e. The van der Waals surface area contributed by atoms with Crippen molar-refractivity contribution in [1.29, 1.82) is 5.41 Å². The van der Waals surface area contributed by atoms with E-state index in [9.17, 15) is 19.4 Å². The van der Waals surface area contributed by atoms with E-state index in [4.69, 9.17) is 17.0 Å². The first kappa shape index (κ1) is 13.8. The lowest BCUT2D eigenvalue weighted by atomic mass is 9.97. The van der Waals surface area contributed by atoms with E-state index in [1.807, 2.05) is 4.98 Å². The molecule has 1 aliphatic heterocycles. The average Bonchev–Trinajstić information content (AvgIpc) is 2.74. The molecular formula is C10H13FN6O4. The van der Waals surface area contributed by atoms with Gasteiger partial charge in [-0.3, -0.25) is 15.0 Å². The summed E-state index contributed by atoms with van der Waals surface area (Å²) in [6.45, 7) is -1.38. The second-order valence-corrected chi connectivity index (χ2v) is 4.50. The highest BCUT2D eigenvalue weighted by Gasteiger charge is 2.55. The molecule has 0 aliphatic carbocycles. The van der Waals surface area contributed by atoms with Gasteiger partial charge in [-0.25, -0.2) is 9.18 Å². The number of hydrogen-bond acceptors (Lipinski definition) is 6. The molecule has 0 bridgehead atoms. The van der Waals surface area contributed by atoms with E-state index in [2.05, 4.69) is 10.0 Å². The van der Waals surface area contributed by atoms with Gasteiger partial charge in [0.2, 0.25) is 0 Å². The van der Waals surface area contributed by atoms with Crippen LogP contribution in [0, 0.1) is 5.41 Å². The Hall–Kier alpha value is -2.20. The van der Waals surface area contributed by atoms with Crippen molar-refractivity contribution in [3.05, 3.63) is 38.7 Å². The molecule has 0 spiro atoms. The van der Waals surface area contributed by atoms with Crippen LogP contribution in [0.2, 0.25) is 0 Å². The van der Waals surface area contributed by atoms with Crippen LogP contribution in [0.4, 0.5) is 4.39 Å². The van der Waals surface area contributed by atoms with Crippen molar-refractivity contribution in [3.63, 3.8) is 0 Å². The fourth-order valence-electron chi connectivity index (χ4n) is 2.08. The summed E-state index contributed by atoms with van der Waals surface area (Å²) in [4.78, 5) is 16.3. The molecule has 11 heteroatoms. The first-order chi connectivity index (χ1) is 10.4. The lowest BCUT2D eigenvalue weighted by molar-refractivity contribution is -0.122. The SMILES string of the molecule is [2H]c1cn([C@@H]2O[C@@](CO)(CN=[N+]=[N-])[C@@H](O)[C@H]2F)c(=O)[nH]c1=N. The Morgan fingerprint density at radius 1 is 1.81 bits per heavy atom. The molecule has 0 unspecified atom stereocenters. The summed E-state index contributed by atoms with van der Waals surface area (Å²) in [5.74, 6) is 0. The summed E-state index contributed by atoms with van der Waals surface area (Å²) < 4.78 is 27.7. The minimum Gasteiger partial charge on any atom is -0.393 e. The van der Waals surface area contributed by atoms with Gasteiger partial charge < -0.3 is 14.9 Å². The number of aromatic nitrogens is 2. The van der Waals surface area contributed by atoms with Crippen LogP contribution in [0.5, 0.6) is 0 Å². The molecule has 2 rings (SSSR count). The summed E-state index contributed by atoms with van der Waals surface area (Å²) in [5.41, 5.74) is 5.05. The normalized spacial score (nSPS) is 32.5. The molecule has 1 fully saturated rings. The molecule has 0 radical (unpaired) electrons. The average molecular weight is 301 g/mol. The van der Waals surface area contributed by atoms with E-state index in [1.165, 1.54) is 0 Å². The van der Waals surface area contributed by atoms with Gasteiger partial charge in [0.1, 0.15) is 17.2 Å². The van der Waals surface area contributed by atoms with Crippen LogP contribution in [-0.2, 0) is 4.74 Å². The molecule has 0 amide bonds. The topological polar surface area (TPSA) is 160 Å². The molecule has 1 aromatic heterocycles. The highest BCUT2D eigenvalue weighted by atomic mass is 19.1. The summed E-state index contributed by atoms with van der Waals surface area (Å²) in [5, 5.41) is 29.8. The molecule has 1 aliphatic rings. The summed E-state index contributed by atoms with van der Waals surface area (Å²) in [6.07, 6.45) is -4.70. The number of nitrogens with one attached hydrogen (secondary N) is 2. The van der Waals surface area contributed by atoms with Crippen LogP contribution < -0.4 is 11.2 Å². The third-order valence-electron chi connectivity index (χ3n) is 3.23. The van der Waals surface area contributed by atoms with Crippen LogP contribution in [0.15, 0.2) is 22.1 Å². The predicted molar refractivity (Wildman–Crippen MR) is 65.8 cm³/mol. The van der Waals surface area contributed by atoms with Gasteiger partial charge in [-0.05, 0) is 11.6 Å². The van der Waals surface area contributed by atoms with E-state index in [0.717, 1.165) is 6.20 Å². The van der Waals surface area contributed by atoms with E-state index in [-0.39, 0.29) is 6.04 Å². The van der Waals surface area contributed by atoms with Crippen LogP contribution in [0.1, 0.15) is 7.60 Å². The van der Waals surface area contributed by atoms with Gasteiger partial charge in [-0.1, -0.05) is 5.11 Å². The Kier molecular flexibility index (Phi) is 3.71. The predicted octanol–water partition coefficient (Wildman–Crippen LogP) is -1.07. The molecular weight excluding hydrogens is 287 g/mol. The summed E-state index contributed by atoms with van der Waals surface area (Å²) in [6, 6.07) is -0.388. The highest BCUT2D eigenvalue weighted by molar-refractivity contribution is 5.03. The second-order valence-electron chi connectivity index (χ2n) is 4.50. The van der Waals surface area contributed by atoms with Gasteiger partial charge >= 0.3 is 5.69 Å². The van der Waals surface area contributed by atoms with Crippen LogP contribution in [0.3, 0.4) is 0 Å². The zero-order valence-corrected chi connectivity index (χ0v) is 10.6. The number of hydrogen-bond donors (Lipinski definition) is 4. The first-order valence-electron chi connectivity index (χ1n) is 6.34. The summed E-state index contributed by atoms with van der Waals surface area (Å²) >= 11 is 0. The minimum absolute atomic E-state index is 0.388. The molecule has 2 heterocycles. The zero-order valence-electron chi connectivity index (χ0n) is 11.6. The van der Waals surface area contributed by atoms with Crippen molar-refractivity contribution in [3.8, 4) is 0 Å². The van der Waals surface area contributed by atoms with Gasteiger partial charge in [0, 0.05) is 11.1 Å². The molecule has 1 aromatic rings. The molecule has 21 heavy (non-hydrogen) atoms. The number of ether oxygens (including phenoxy) is 1. The Labute approximate surface area is 118 Å². The highest BCUT2D eigenvalue weighted by Crippen LogP contribution is 2.38. The number of rotatable bonds is 4. The number of halogens is 1. The third-order valence-corrected chi connectivity index (χ3v) is 3.23. The monoisotopic (exact) mass is 301 g/mol. The van der Waals surface area contributed by atoms with Crippen molar-refractivity contribution < 1.29 is 20.7 Å². The lowest BCUT2D eigenvalue weighted by Crippen LogP contribution is -2.48. The van der Waals surface area contributed by atoms with Gasteiger partial charge in [-0.15, -0.1) is 0 Å². The van der Waals surface area contributed by atoms with Crippen molar-refractivity contribution in [2.24, 2.45) is 5.11 Å². The first-order valence-corrected chi connectivity index (χ1v) is 5.84. The van der Waals surface area contributed by atoms with E-state index >= 15 is 0 Å². The molecule has 0 aromatic carbocycles. The van der Waals surface area contributed by atoms with Crippen LogP contribution in [0.25, 0.3) is 10.4 Å². The number of azide groups is 1. The summed E-state index contributed by atoms with van der Waals surface area (Å²) in [7, 11) is 0. The lowest BCUT2D eigenvalue weighted by Gasteiger charge is -2.27. The van der Waals surface area contributed by atoms with Crippen LogP contribution >= 0.6 is 0 Å². The van der Waals surface area contributed by atoms with Gasteiger partial charge in [-0.2, -0.15) is 0 Å². The Morgan fingerprint density at radius 3 is 3.14 bits per heavy atom.